The highest BCUT2D eigenvalue weighted by molar-refractivity contribution is 5.66. The number of aliphatic carboxylic acids is 1. The predicted molar refractivity (Wildman–Crippen MR) is 107 cm³/mol. The number of carboxylic acids is 1. The second-order valence-corrected chi connectivity index (χ2v) is 7.12. The van der Waals surface area contributed by atoms with Gasteiger partial charge in [0, 0.05) is 6.42 Å². The maximum absolute atomic E-state index is 10.4. The molecular weight excluding hydrogens is 328 g/mol. The summed E-state index contributed by atoms with van der Waals surface area (Å²) in [5.41, 5.74) is 2.92. The van der Waals surface area contributed by atoms with E-state index < -0.39 is 5.97 Å². The van der Waals surface area contributed by atoms with Crippen molar-refractivity contribution in [3.8, 4) is 0 Å². The number of allylic oxidation sites excluding steroid dienone is 4. The van der Waals surface area contributed by atoms with Crippen LogP contribution in [0.2, 0.25) is 0 Å². The van der Waals surface area contributed by atoms with E-state index in [2.05, 4.69) is 30.7 Å². The third kappa shape index (κ3) is 18.8. The number of hydrogen-bond acceptors (Lipinski definition) is 3. The lowest BCUT2D eigenvalue weighted by Crippen LogP contribution is -1.93. The molecule has 0 aromatic rings. The molecule has 0 radical (unpaired) electrons. The average molecular weight is 367 g/mol. The third-order valence-corrected chi connectivity index (χ3v) is 4.52. The molecule has 0 heterocycles. The summed E-state index contributed by atoms with van der Waals surface area (Å²) in [4.78, 5) is 20.4. The van der Waals surface area contributed by atoms with Crippen molar-refractivity contribution in [3.05, 3.63) is 23.3 Å². The minimum absolute atomic E-state index is 0.301. The van der Waals surface area contributed by atoms with Crippen LogP contribution < -0.4 is 0 Å². The second kappa shape index (κ2) is 18.2. The molecule has 0 atom stereocenters. The van der Waals surface area contributed by atoms with E-state index in [1.165, 1.54) is 24.0 Å². The van der Waals surface area contributed by atoms with Gasteiger partial charge in [0.15, 0.2) is 0 Å². The van der Waals surface area contributed by atoms with Gasteiger partial charge in [0.2, 0.25) is 0 Å². The molecule has 4 heteroatoms. The van der Waals surface area contributed by atoms with Crippen LogP contribution in [-0.2, 0) is 14.3 Å². The molecule has 0 aliphatic rings. The predicted octanol–water partition coefficient (Wildman–Crippen LogP) is 6.21. The minimum Gasteiger partial charge on any atom is -0.481 e. The van der Waals surface area contributed by atoms with Gasteiger partial charge < -0.3 is 9.84 Å². The molecule has 0 bridgehead atoms. The van der Waals surface area contributed by atoms with Crippen molar-refractivity contribution < 1.29 is 19.4 Å². The Bertz CT molecular complexity index is 424. The highest BCUT2D eigenvalue weighted by atomic mass is 16.5. The molecule has 0 aromatic heterocycles. The number of ether oxygens (including phenoxy) is 1. The largest absolute Gasteiger partial charge is 0.481 e. The summed E-state index contributed by atoms with van der Waals surface area (Å²) in [7, 11) is 0. The Labute approximate surface area is 159 Å². The topological polar surface area (TPSA) is 63.6 Å². The lowest BCUT2D eigenvalue weighted by Gasteiger charge is -2.03. The van der Waals surface area contributed by atoms with Crippen LogP contribution in [0, 0.1) is 0 Å². The Morgan fingerprint density at radius 3 is 1.69 bits per heavy atom. The molecule has 0 spiro atoms. The molecule has 26 heavy (non-hydrogen) atoms. The quantitative estimate of drug-likeness (QED) is 0.178. The number of carboxylic acid groups (broad SMARTS) is 1. The molecule has 0 unspecified atom stereocenters. The van der Waals surface area contributed by atoms with Gasteiger partial charge in [0.25, 0.3) is 6.47 Å². The smallest absolute Gasteiger partial charge is 0.303 e. The maximum Gasteiger partial charge on any atom is 0.303 e. The molecule has 0 aliphatic heterocycles. The van der Waals surface area contributed by atoms with Crippen LogP contribution in [-0.4, -0.2) is 24.2 Å². The molecular formula is C22H38O4. The Kier molecular flexibility index (Phi) is 17.1. The standard InChI is InChI=1S/C22H38O4/c1-20(13-7-3-4-9-17-22(24)25)15-10-11-16-21(2)14-8-5-6-12-18-26-19-23/h15-16,19H,3-14,17-18H2,1-2H3,(H,24,25)/b20-15-,21-16+. The highest BCUT2D eigenvalue weighted by Crippen LogP contribution is 2.14. The first-order chi connectivity index (χ1) is 12.6. The molecule has 1 N–H and O–H groups in total. The van der Waals surface area contributed by atoms with Crippen molar-refractivity contribution in [2.75, 3.05) is 6.61 Å². The van der Waals surface area contributed by atoms with Crippen molar-refractivity contribution in [2.45, 2.75) is 97.3 Å². The van der Waals surface area contributed by atoms with Gasteiger partial charge in [-0.05, 0) is 65.2 Å². The zero-order valence-electron chi connectivity index (χ0n) is 16.8. The average Bonchev–Trinajstić information content (AvgIpc) is 2.60. The van der Waals surface area contributed by atoms with Gasteiger partial charge in [0.05, 0.1) is 6.61 Å². The first kappa shape index (κ1) is 24.4. The fourth-order valence-electron chi connectivity index (χ4n) is 2.89. The third-order valence-electron chi connectivity index (χ3n) is 4.52. The summed E-state index contributed by atoms with van der Waals surface area (Å²) in [5.74, 6) is -0.686. The Morgan fingerprint density at radius 1 is 0.769 bits per heavy atom. The minimum atomic E-state index is -0.686. The molecule has 0 fully saturated rings. The number of rotatable bonds is 18. The first-order valence-electron chi connectivity index (χ1n) is 10.1. The second-order valence-electron chi connectivity index (χ2n) is 7.12. The lowest BCUT2D eigenvalue weighted by atomic mass is 10.0. The number of hydrogen-bond donors (Lipinski definition) is 1. The first-order valence-corrected chi connectivity index (χ1v) is 10.1. The summed E-state index contributed by atoms with van der Waals surface area (Å²) in [5, 5.41) is 8.59. The zero-order valence-corrected chi connectivity index (χ0v) is 16.8. The summed E-state index contributed by atoms with van der Waals surface area (Å²) in [6, 6.07) is 0. The Morgan fingerprint density at radius 2 is 1.23 bits per heavy atom. The Balaban J connectivity index is 3.57. The Hall–Kier alpha value is -1.58. The van der Waals surface area contributed by atoms with Crippen LogP contribution in [0.5, 0.6) is 0 Å². The molecule has 0 saturated carbocycles. The molecule has 0 aromatic carbocycles. The van der Waals surface area contributed by atoms with E-state index in [1.807, 2.05) is 0 Å². The molecule has 0 aliphatic carbocycles. The van der Waals surface area contributed by atoms with E-state index in [4.69, 9.17) is 5.11 Å². The number of carbonyl (C=O) groups is 2. The van der Waals surface area contributed by atoms with E-state index in [9.17, 15) is 9.59 Å². The van der Waals surface area contributed by atoms with Crippen LogP contribution in [0.15, 0.2) is 23.3 Å². The highest BCUT2D eigenvalue weighted by Gasteiger charge is 1.97. The van der Waals surface area contributed by atoms with Crippen molar-refractivity contribution in [1.82, 2.24) is 0 Å². The fraction of sp³-hybridized carbons (Fsp3) is 0.727. The zero-order chi connectivity index (χ0) is 19.5. The summed E-state index contributed by atoms with van der Waals surface area (Å²) < 4.78 is 4.68. The van der Waals surface area contributed by atoms with Crippen molar-refractivity contribution >= 4 is 12.4 Å². The SMILES string of the molecule is C/C(=C/CC/C=C(\C)CCCCCCOC=O)CCCCCCC(=O)O. The van der Waals surface area contributed by atoms with Crippen LogP contribution in [0.25, 0.3) is 0 Å². The van der Waals surface area contributed by atoms with E-state index in [-0.39, 0.29) is 0 Å². The van der Waals surface area contributed by atoms with E-state index in [0.29, 0.717) is 19.5 Å². The number of unbranched alkanes of at least 4 members (excludes halogenated alkanes) is 7. The molecule has 4 nitrogen and oxygen atoms in total. The van der Waals surface area contributed by atoms with Crippen LogP contribution in [0.4, 0.5) is 0 Å². The van der Waals surface area contributed by atoms with Crippen LogP contribution in [0.1, 0.15) is 97.3 Å². The molecule has 0 rings (SSSR count). The monoisotopic (exact) mass is 366 g/mol. The summed E-state index contributed by atoms with van der Waals surface area (Å²) >= 11 is 0. The van der Waals surface area contributed by atoms with Gasteiger partial charge in [-0.15, -0.1) is 0 Å². The normalized spacial score (nSPS) is 12.2. The van der Waals surface area contributed by atoms with Crippen LogP contribution >= 0.6 is 0 Å². The van der Waals surface area contributed by atoms with Gasteiger partial charge in [-0.3, -0.25) is 9.59 Å². The van der Waals surface area contributed by atoms with Crippen molar-refractivity contribution in [1.29, 1.82) is 0 Å². The van der Waals surface area contributed by atoms with Gasteiger partial charge in [-0.1, -0.05) is 49.0 Å². The molecule has 150 valence electrons. The van der Waals surface area contributed by atoms with Gasteiger partial charge in [0.1, 0.15) is 0 Å². The maximum atomic E-state index is 10.4. The summed E-state index contributed by atoms with van der Waals surface area (Å²) in [6.07, 6.45) is 18.1. The van der Waals surface area contributed by atoms with E-state index >= 15 is 0 Å². The van der Waals surface area contributed by atoms with Crippen LogP contribution in [0.3, 0.4) is 0 Å². The fourth-order valence-corrected chi connectivity index (χ4v) is 2.89. The van der Waals surface area contributed by atoms with E-state index in [0.717, 1.165) is 64.2 Å². The van der Waals surface area contributed by atoms with Gasteiger partial charge in [-0.2, -0.15) is 0 Å². The molecule has 0 amide bonds. The van der Waals surface area contributed by atoms with E-state index in [1.54, 1.807) is 0 Å². The van der Waals surface area contributed by atoms with Gasteiger partial charge >= 0.3 is 5.97 Å². The van der Waals surface area contributed by atoms with Gasteiger partial charge in [-0.25, -0.2) is 0 Å². The van der Waals surface area contributed by atoms with Crippen molar-refractivity contribution in [3.63, 3.8) is 0 Å². The summed E-state index contributed by atoms with van der Waals surface area (Å²) in [6.45, 7) is 5.48. The lowest BCUT2D eigenvalue weighted by molar-refractivity contribution is -0.137. The van der Waals surface area contributed by atoms with Crippen molar-refractivity contribution in [2.24, 2.45) is 0 Å². The number of carbonyl (C=O) groups excluding carboxylic acids is 1. The molecule has 0 saturated heterocycles.